The molecule has 0 saturated heterocycles. The van der Waals surface area contributed by atoms with Crippen LogP contribution in [0.25, 0.3) is 0 Å². The SMILES string of the molecule is CSc1ccccc1NC(=O)CN(C)C(=O)CNC(=O)CC1CCCCC1. The average molecular weight is 392 g/mol. The number of carbonyl (C=O) groups is 3. The van der Waals surface area contributed by atoms with Gasteiger partial charge in [0.05, 0.1) is 18.8 Å². The average Bonchev–Trinajstić information content (AvgIpc) is 2.67. The summed E-state index contributed by atoms with van der Waals surface area (Å²) in [6.45, 7) is -0.128. The molecule has 6 nitrogen and oxygen atoms in total. The second-order valence-electron chi connectivity index (χ2n) is 6.98. The Kier molecular flexibility index (Phi) is 8.64. The zero-order chi connectivity index (χ0) is 19.6. The molecule has 2 rings (SSSR count). The summed E-state index contributed by atoms with van der Waals surface area (Å²) in [7, 11) is 1.57. The first-order valence-electron chi connectivity index (χ1n) is 9.43. The van der Waals surface area contributed by atoms with E-state index in [0.717, 1.165) is 23.4 Å². The molecule has 1 aliphatic carbocycles. The van der Waals surface area contributed by atoms with Gasteiger partial charge in [0.15, 0.2) is 0 Å². The molecule has 0 heterocycles. The molecule has 0 aromatic heterocycles. The maximum Gasteiger partial charge on any atom is 0.244 e. The lowest BCUT2D eigenvalue weighted by Crippen LogP contribution is -2.41. The Morgan fingerprint density at radius 2 is 1.81 bits per heavy atom. The third-order valence-corrected chi connectivity index (χ3v) is 5.62. The van der Waals surface area contributed by atoms with Crippen LogP contribution in [0.4, 0.5) is 5.69 Å². The van der Waals surface area contributed by atoms with Crippen molar-refractivity contribution in [1.29, 1.82) is 0 Å². The van der Waals surface area contributed by atoms with E-state index in [2.05, 4.69) is 10.6 Å². The number of thioether (sulfide) groups is 1. The van der Waals surface area contributed by atoms with Gasteiger partial charge in [-0.15, -0.1) is 11.8 Å². The predicted molar refractivity (Wildman–Crippen MR) is 109 cm³/mol. The number of para-hydroxylation sites is 1. The lowest BCUT2D eigenvalue weighted by atomic mass is 9.87. The molecular weight excluding hydrogens is 362 g/mol. The highest BCUT2D eigenvalue weighted by atomic mass is 32.2. The van der Waals surface area contributed by atoms with Gasteiger partial charge < -0.3 is 15.5 Å². The van der Waals surface area contributed by atoms with Gasteiger partial charge in [0, 0.05) is 18.4 Å². The number of carbonyl (C=O) groups excluding carboxylic acids is 3. The highest BCUT2D eigenvalue weighted by Gasteiger charge is 2.19. The quantitative estimate of drug-likeness (QED) is 0.668. The molecule has 1 aromatic carbocycles. The summed E-state index contributed by atoms with van der Waals surface area (Å²) in [6.07, 6.45) is 8.26. The van der Waals surface area contributed by atoms with Crippen LogP contribution in [0.2, 0.25) is 0 Å². The predicted octanol–water partition coefficient (Wildman–Crippen LogP) is 2.89. The number of likely N-dealkylation sites (N-methyl/N-ethyl adjacent to an activating group) is 1. The van der Waals surface area contributed by atoms with Gasteiger partial charge in [-0.25, -0.2) is 0 Å². The number of nitrogens with zero attached hydrogens (tertiary/aromatic N) is 1. The molecule has 0 spiro atoms. The number of hydrogen-bond acceptors (Lipinski definition) is 4. The fraction of sp³-hybridized carbons (Fsp3) is 0.550. The van der Waals surface area contributed by atoms with Gasteiger partial charge >= 0.3 is 0 Å². The summed E-state index contributed by atoms with van der Waals surface area (Å²) in [5.41, 5.74) is 0.733. The van der Waals surface area contributed by atoms with Gasteiger partial charge in [0.1, 0.15) is 0 Å². The van der Waals surface area contributed by atoms with Gasteiger partial charge in [-0.2, -0.15) is 0 Å². The molecule has 0 radical (unpaired) electrons. The highest BCUT2D eigenvalue weighted by molar-refractivity contribution is 7.98. The van der Waals surface area contributed by atoms with E-state index in [1.807, 2.05) is 30.5 Å². The second-order valence-corrected chi connectivity index (χ2v) is 7.83. The van der Waals surface area contributed by atoms with Gasteiger partial charge in [0.2, 0.25) is 17.7 Å². The zero-order valence-corrected chi connectivity index (χ0v) is 16.9. The Bertz CT molecular complexity index is 660. The molecule has 3 amide bonds. The number of benzene rings is 1. The number of anilines is 1. The van der Waals surface area contributed by atoms with E-state index in [1.165, 1.54) is 24.2 Å². The largest absolute Gasteiger partial charge is 0.347 e. The van der Waals surface area contributed by atoms with Crippen LogP contribution in [0.5, 0.6) is 0 Å². The maximum absolute atomic E-state index is 12.2. The molecular formula is C20H29N3O3S. The molecule has 1 saturated carbocycles. The van der Waals surface area contributed by atoms with Crippen molar-refractivity contribution in [3.05, 3.63) is 24.3 Å². The Morgan fingerprint density at radius 1 is 1.11 bits per heavy atom. The summed E-state index contributed by atoms with van der Waals surface area (Å²) >= 11 is 1.55. The van der Waals surface area contributed by atoms with Crippen molar-refractivity contribution in [3.8, 4) is 0 Å². The minimum Gasteiger partial charge on any atom is -0.347 e. The second kappa shape index (κ2) is 11.0. The summed E-state index contributed by atoms with van der Waals surface area (Å²) in [4.78, 5) is 38.7. The molecule has 7 heteroatoms. The number of hydrogen-bond donors (Lipinski definition) is 2. The van der Waals surface area contributed by atoms with E-state index in [4.69, 9.17) is 0 Å². The van der Waals surface area contributed by atoms with Crippen molar-refractivity contribution in [1.82, 2.24) is 10.2 Å². The summed E-state index contributed by atoms with van der Waals surface area (Å²) < 4.78 is 0. The molecule has 1 aromatic rings. The molecule has 148 valence electrons. The van der Waals surface area contributed by atoms with Gasteiger partial charge in [0.25, 0.3) is 0 Å². The van der Waals surface area contributed by atoms with E-state index in [0.29, 0.717) is 12.3 Å². The molecule has 0 bridgehead atoms. The van der Waals surface area contributed by atoms with E-state index in [9.17, 15) is 14.4 Å². The molecule has 0 unspecified atom stereocenters. The molecule has 0 aliphatic heterocycles. The highest BCUT2D eigenvalue weighted by Crippen LogP contribution is 2.26. The van der Waals surface area contributed by atoms with Crippen molar-refractivity contribution in [2.45, 2.75) is 43.4 Å². The van der Waals surface area contributed by atoms with Crippen molar-refractivity contribution in [2.24, 2.45) is 5.92 Å². The lowest BCUT2D eigenvalue weighted by molar-refractivity contribution is -0.134. The normalized spacial score (nSPS) is 14.4. The number of amides is 3. The van der Waals surface area contributed by atoms with E-state index in [1.54, 1.807) is 18.8 Å². The van der Waals surface area contributed by atoms with Crippen LogP contribution in [0.15, 0.2) is 29.2 Å². The van der Waals surface area contributed by atoms with Crippen LogP contribution in [-0.2, 0) is 14.4 Å². The fourth-order valence-corrected chi connectivity index (χ4v) is 3.83. The first-order chi connectivity index (χ1) is 13.0. The fourth-order valence-electron chi connectivity index (χ4n) is 3.28. The van der Waals surface area contributed by atoms with Crippen LogP contribution < -0.4 is 10.6 Å². The first kappa shape index (κ1) is 21.3. The Morgan fingerprint density at radius 3 is 2.52 bits per heavy atom. The van der Waals surface area contributed by atoms with E-state index < -0.39 is 0 Å². The van der Waals surface area contributed by atoms with Crippen molar-refractivity contribution in [2.75, 3.05) is 31.7 Å². The summed E-state index contributed by atoms with van der Waals surface area (Å²) in [5.74, 6) is -0.183. The van der Waals surface area contributed by atoms with Gasteiger partial charge in [-0.05, 0) is 37.1 Å². The third-order valence-electron chi connectivity index (χ3n) is 4.82. The third kappa shape index (κ3) is 7.25. The monoisotopic (exact) mass is 391 g/mol. The molecule has 27 heavy (non-hydrogen) atoms. The Labute approximate surface area is 165 Å². The molecule has 2 N–H and O–H groups in total. The zero-order valence-electron chi connectivity index (χ0n) is 16.1. The minimum atomic E-state index is -0.278. The minimum absolute atomic E-state index is 0.0555. The van der Waals surface area contributed by atoms with Crippen LogP contribution >= 0.6 is 11.8 Å². The molecule has 1 aliphatic rings. The maximum atomic E-state index is 12.2. The van der Waals surface area contributed by atoms with E-state index >= 15 is 0 Å². The van der Waals surface area contributed by atoms with Crippen LogP contribution in [0.3, 0.4) is 0 Å². The van der Waals surface area contributed by atoms with Crippen LogP contribution in [-0.4, -0.2) is 49.0 Å². The van der Waals surface area contributed by atoms with Crippen molar-refractivity contribution >= 4 is 35.2 Å². The number of nitrogens with one attached hydrogen (secondary N) is 2. The van der Waals surface area contributed by atoms with Crippen molar-refractivity contribution < 1.29 is 14.4 Å². The van der Waals surface area contributed by atoms with Crippen LogP contribution in [0.1, 0.15) is 38.5 Å². The summed E-state index contributed by atoms with van der Waals surface area (Å²) in [6, 6.07) is 7.52. The lowest BCUT2D eigenvalue weighted by Gasteiger charge is -2.21. The molecule has 0 atom stereocenters. The Balaban J connectivity index is 1.72. The van der Waals surface area contributed by atoms with Gasteiger partial charge in [-0.1, -0.05) is 31.4 Å². The number of rotatable bonds is 8. The van der Waals surface area contributed by atoms with Crippen molar-refractivity contribution in [3.63, 3.8) is 0 Å². The van der Waals surface area contributed by atoms with Crippen LogP contribution in [0, 0.1) is 5.92 Å². The standard InChI is InChI=1S/C20H29N3O3S/c1-23(14-19(25)22-16-10-6-7-11-17(16)27-2)20(26)13-21-18(24)12-15-8-4-3-5-9-15/h6-7,10-11,15H,3-5,8-9,12-14H2,1-2H3,(H,21,24)(H,22,25). The first-order valence-corrected chi connectivity index (χ1v) is 10.7. The topological polar surface area (TPSA) is 78.5 Å². The smallest absolute Gasteiger partial charge is 0.244 e. The summed E-state index contributed by atoms with van der Waals surface area (Å²) in [5, 5.41) is 5.51. The Hall–Kier alpha value is -2.02. The molecule has 1 fully saturated rings. The van der Waals surface area contributed by atoms with E-state index in [-0.39, 0.29) is 30.8 Å². The van der Waals surface area contributed by atoms with Gasteiger partial charge in [-0.3, -0.25) is 14.4 Å².